The largest absolute Gasteiger partial charge is 0.508 e. The Kier molecular flexibility index (Phi) is 2.86. The molecule has 0 saturated carbocycles. The average molecular weight is 268 g/mol. The number of aromatic nitrogens is 2. The zero-order valence-electron chi connectivity index (χ0n) is 11.7. The van der Waals surface area contributed by atoms with Crippen LogP contribution < -0.4 is 4.74 Å². The highest BCUT2D eigenvalue weighted by molar-refractivity contribution is 5.82. The van der Waals surface area contributed by atoms with E-state index in [1.165, 1.54) is 0 Å². The van der Waals surface area contributed by atoms with Gasteiger partial charge in [-0.1, -0.05) is 12.1 Å². The van der Waals surface area contributed by atoms with E-state index in [1.54, 1.807) is 13.2 Å². The number of methoxy groups -OCH3 is 1. The SMILES string of the molecule is COc1ccc2c(c1)nc(-c1ccc(C)c(O)c1)n2C. The standard InChI is InChI=1S/C16H16N2O2/c1-10-4-5-11(8-15(10)19)16-17-13-9-12(20-3)6-7-14(13)18(16)2/h4-9,19H,1-3H3. The van der Waals surface area contributed by atoms with Gasteiger partial charge in [0.25, 0.3) is 0 Å². The molecule has 0 radical (unpaired) electrons. The fourth-order valence-electron chi connectivity index (χ4n) is 2.31. The normalized spacial score (nSPS) is 10.9. The third kappa shape index (κ3) is 1.90. The summed E-state index contributed by atoms with van der Waals surface area (Å²) in [5, 5.41) is 9.85. The van der Waals surface area contributed by atoms with Gasteiger partial charge in [0.05, 0.1) is 18.1 Å². The van der Waals surface area contributed by atoms with Crippen LogP contribution in [-0.4, -0.2) is 21.8 Å². The molecule has 102 valence electrons. The number of fused-ring (bicyclic) bond motifs is 1. The Morgan fingerprint density at radius 3 is 2.65 bits per heavy atom. The van der Waals surface area contributed by atoms with Crippen LogP contribution in [0, 0.1) is 6.92 Å². The summed E-state index contributed by atoms with van der Waals surface area (Å²) in [5.41, 5.74) is 3.66. The fourth-order valence-corrected chi connectivity index (χ4v) is 2.31. The van der Waals surface area contributed by atoms with Gasteiger partial charge >= 0.3 is 0 Å². The predicted octanol–water partition coefficient (Wildman–Crippen LogP) is 3.26. The molecule has 1 N–H and O–H groups in total. The Balaban J connectivity index is 2.20. The van der Waals surface area contributed by atoms with Crippen LogP contribution in [0.5, 0.6) is 11.5 Å². The van der Waals surface area contributed by atoms with Gasteiger partial charge in [0.15, 0.2) is 0 Å². The number of imidazole rings is 1. The van der Waals surface area contributed by atoms with Gasteiger partial charge in [0, 0.05) is 18.7 Å². The van der Waals surface area contributed by atoms with E-state index < -0.39 is 0 Å². The molecule has 3 rings (SSSR count). The molecule has 0 aliphatic rings. The molecule has 4 nitrogen and oxygen atoms in total. The van der Waals surface area contributed by atoms with Crippen molar-refractivity contribution < 1.29 is 9.84 Å². The molecule has 20 heavy (non-hydrogen) atoms. The Hall–Kier alpha value is -2.49. The first-order valence-corrected chi connectivity index (χ1v) is 6.40. The van der Waals surface area contributed by atoms with Gasteiger partial charge in [-0.05, 0) is 30.7 Å². The van der Waals surface area contributed by atoms with Crippen molar-refractivity contribution in [2.24, 2.45) is 7.05 Å². The van der Waals surface area contributed by atoms with Gasteiger partial charge in [0.1, 0.15) is 17.3 Å². The summed E-state index contributed by atoms with van der Waals surface area (Å²) in [6.07, 6.45) is 0. The average Bonchev–Trinajstić information content (AvgIpc) is 2.78. The molecule has 4 heteroatoms. The van der Waals surface area contributed by atoms with Crippen molar-refractivity contribution in [2.75, 3.05) is 7.11 Å². The number of nitrogens with zero attached hydrogens (tertiary/aromatic N) is 2. The molecule has 0 spiro atoms. The van der Waals surface area contributed by atoms with Crippen molar-refractivity contribution >= 4 is 11.0 Å². The highest BCUT2D eigenvalue weighted by atomic mass is 16.5. The lowest BCUT2D eigenvalue weighted by atomic mass is 10.1. The number of hydrogen-bond donors (Lipinski definition) is 1. The number of aryl methyl sites for hydroxylation is 2. The van der Waals surface area contributed by atoms with Crippen LogP contribution in [0.2, 0.25) is 0 Å². The summed E-state index contributed by atoms with van der Waals surface area (Å²) in [5.74, 6) is 1.89. The van der Waals surface area contributed by atoms with E-state index in [2.05, 4.69) is 4.98 Å². The van der Waals surface area contributed by atoms with Crippen molar-refractivity contribution in [3.63, 3.8) is 0 Å². The molecule has 0 fully saturated rings. The first kappa shape index (κ1) is 12.5. The molecular weight excluding hydrogens is 252 g/mol. The minimum absolute atomic E-state index is 0.284. The molecule has 0 unspecified atom stereocenters. The quantitative estimate of drug-likeness (QED) is 0.776. The van der Waals surface area contributed by atoms with E-state index >= 15 is 0 Å². The maximum atomic E-state index is 9.85. The summed E-state index contributed by atoms with van der Waals surface area (Å²) < 4.78 is 7.24. The van der Waals surface area contributed by atoms with E-state index in [0.29, 0.717) is 0 Å². The van der Waals surface area contributed by atoms with E-state index in [-0.39, 0.29) is 5.75 Å². The second-order valence-corrected chi connectivity index (χ2v) is 4.85. The van der Waals surface area contributed by atoms with Gasteiger partial charge < -0.3 is 14.4 Å². The Morgan fingerprint density at radius 2 is 1.95 bits per heavy atom. The second-order valence-electron chi connectivity index (χ2n) is 4.85. The van der Waals surface area contributed by atoms with E-state index in [9.17, 15) is 5.11 Å². The number of ether oxygens (including phenoxy) is 1. The molecular formula is C16H16N2O2. The number of rotatable bonds is 2. The van der Waals surface area contributed by atoms with Gasteiger partial charge in [-0.25, -0.2) is 4.98 Å². The van der Waals surface area contributed by atoms with Crippen molar-refractivity contribution in [3.8, 4) is 22.9 Å². The van der Waals surface area contributed by atoms with Crippen molar-refractivity contribution in [1.82, 2.24) is 9.55 Å². The first-order chi connectivity index (χ1) is 9.60. The van der Waals surface area contributed by atoms with Crippen molar-refractivity contribution in [3.05, 3.63) is 42.0 Å². The van der Waals surface area contributed by atoms with Gasteiger partial charge in [-0.15, -0.1) is 0 Å². The third-order valence-electron chi connectivity index (χ3n) is 3.56. The number of aromatic hydroxyl groups is 1. The lowest BCUT2D eigenvalue weighted by Crippen LogP contribution is -1.92. The second kappa shape index (κ2) is 4.56. The molecule has 0 saturated heterocycles. The monoisotopic (exact) mass is 268 g/mol. The lowest BCUT2D eigenvalue weighted by Gasteiger charge is -2.05. The zero-order valence-corrected chi connectivity index (χ0v) is 11.7. The van der Waals surface area contributed by atoms with E-state index in [4.69, 9.17) is 4.74 Å². The van der Waals surface area contributed by atoms with Gasteiger partial charge in [-0.3, -0.25) is 0 Å². The Bertz CT molecular complexity index is 791. The molecule has 0 aliphatic heterocycles. The lowest BCUT2D eigenvalue weighted by molar-refractivity contribution is 0.415. The van der Waals surface area contributed by atoms with Crippen LogP contribution in [0.1, 0.15) is 5.56 Å². The molecule has 0 atom stereocenters. The van der Waals surface area contributed by atoms with Crippen LogP contribution in [0.15, 0.2) is 36.4 Å². The number of hydrogen-bond acceptors (Lipinski definition) is 3. The third-order valence-corrected chi connectivity index (χ3v) is 3.56. The van der Waals surface area contributed by atoms with Gasteiger partial charge in [-0.2, -0.15) is 0 Å². The van der Waals surface area contributed by atoms with Crippen LogP contribution in [-0.2, 0) is 7.05 Å². The smallest absolute Gasteiger partial charge is 0.140 e. The van der Waals surface area contributed by atoms with E-state index in [0.717, 1.165) is 33.7 Å². The number of benzene rings is 2. The summed E-state index contributed by atoms with van der Waals surface area (Å²) in [7, 11) is 3.61. The van der Waals surface area contributed by atoms with E-state index in [1.807, 2.05) is 48.9 Å². The van der Waals surface area contributed by atoms with Crippen LogP contribution >= 0.6 is 0 Å². The summed E-state index contributed by atoms with van der Waals surface area (Å²) in [6.45, 7) is 1.87. The van der Waals surface area contributed by atoms with Crippen molar-refractivity contribution in [2.45, 2.75) is 6.92 Å². The Morgan fingerprint density at radius 1 is 1.15 bits per heavy atom. The number of phenolic OH excluding ortho intramolecular Hbond substituents is 1. The topological polar surface area (TPSA) is 47.3 Å². The molecule has 0 amide bonds. The maximum Gasteiger partial charge on any atom is 0.140 e. The van der Waals surface area contributed by atoms with Crippen molar-refractivity contribution in [1.29, 1.82) is 0 Å². The highest BCUT2D eigenvalue weighted by Crippen LogP contribution is 2.29. The minimum atomic E-state index is 0.284. The molecule has 3 aromatic rings. The zero-order chi connectivity index (χ0) is 14.3. The van der Waals surface area contributed by atoms with Crippen LogP contribution in [0.4, 0.5) is 0 Å². The predicted molar refractivity (Wildman–Crippen MR) is 79.1 cm³/mol. The first-order valence-electron chi connectivity index (χ1n) is 6.40. The van der Waals surface area contributed by atoms with Gasteiger partial charge in [0.2, 0.25) is 0 Å². The molecule has 1 aromatic heterocycles. The molecule has 2 aromatic carbocycles. The van der Waals surface area contributed by atoms with Crippen LogP contribution in [0.25, 0.3) is 22.4 Å². The number of phenols is 1. The molecule has 0 aliphatic carbocycles. The summed E-state index contributed by atoms with van der Waals surface area (Å²) in [6, 6.07) is 11.4. The molecule has 0 bridgehead atoms. The highest BCUT2D eigenvalue weighted by Gasteiger charge is 2.11. The molecule has 1 heterocycles. The Labute approximate surface area is 117 Å². The summed E-state index contributed by atoms with van der Waals surface area (Å²) >= 11 is 0. The summed E-state index contributed by atoms with van der Waals surface area (Å²) in [4.78, 5) is 4.63. The van der Waals surface area contributed by atoms with Crippen LogP contribution in [0.3, 0.4) is 0 Å². The fraction of sp³-hybridized carbons (Fsp3) is 0.188. The minimum Gasteiger partial charge on any atom is -0.508 e. The maximum absolute atomic E-state index is 9.85.